The Hall–Kier alpha value is -3.12. The van der Waals surface area contributed by atoms with Crippen LogP contribution in [0.15, 0.2) is 41.5 Å². The van der Waals surface area contributed by atoms with Crippen molar-refractivity contribution in [2.45, 2.75) is 115 Å². The van der Waals surface area contributed by atoms with E-state index >= 15 is 4.79 Å². The van der Waals surface area contributed by atoms with Crippen molar-refractivity contribution in [2.24, 2.45) is 22.7 Å². The Bertz CT molecular complexity index is 1460. The van der Waals surface area contributed by atoms with Crippen molar-refractivity contribution in [1.82, 2.24) is 0 Å². The number of aliphatic hydroxyl groups is 3. The molecule has 3 saturated carbocycles. The second kappa shape index (κ2) is 11.2. The van der Waals surface area contributed by atoms with Gasteiger partial charge in [-0.1, -0.05) is 44.9 Å². The Morgan fingerprint density at radius 3 is 2.24 bits per heavy atom. The van der Waals surface area contributed by atoms with Crippen LogP contribution in [0.25, 0.3) is 0 Å². The molecule has 0 spiro atoms. The van der Waals surface area contributed by atoms with Crippen molar-refractivity contribution >= 4 is 23.7 Å². The Kier molecular flexibility index (Phi) is 8.02. The normalized spacial score (nSPS) is 40.0. The lowest BCUT2D eigenvalue weighted by Gasteiger charge is -2.67. The molecule has 9 atom stereocenters. The fourth-order valence-electron chi connectivity index (χ4n) is 9.07. The SMILES string of the molecule is CC(=O)O[C@H]1C(=O)[C@@]2(C)C([C@H](OC(=O)c3ccccc3)[C@]3(O)C[C@H](O)C(C)=C1C3(C)C)[C@]1(OC(=O)C3CCCC3)CO[C@@H]1C[C@@H]2O. The highest BCUT2D eigenvalue weighted by Gasteiger charge is 2.78. The van der Waals surface area contributed by atoms with E-state index in [1.165, 1.54) is 6.92 Å². The molecule has 5 aliphatic rings. The summed E-state index contributed by atoms with van der Waals surface area (Å²) in [7, 11) is 0. The summed E-state index contributed by atoms with van der Waals surface area (Å²) >= 11 is 0. The average molecular weight is 641 g/mol. The number of aliphatic hydroxyl groups excluding tert-OH is 2. The summed E-state index contributed by atoms with van der Waals surface area (Å²) in [4.78, 5) is 55.3. The maximum absolute atomic E-state index is 15.1. The third kappa shape index (κ3) is 4.60. The van der Waals surface area contributed by atoms with Gasteiger partial charge in [0.15, 0.2) is 17.5 Å². The van der Waals surface area contributed by atoms with E-state index in [1.54, 1.807) is 51.1 Å². The Labute approximate surface area is 268 Å². The highest BCUT2D eigenvalue weighted by Crippen LogP contribution is 2.64. The lowest BCUT2D eigenvalue weighted by molar-refractivity contribution is -0.347. The zero-order valence-corrected chi connectivity index (χ0v) is 27.0. The second-order valence-electron chi connectivity index (χ2n) is 14.6. The first-order chi connectivity index (χ1) is 21.6. The molecule has 1 heterocycles. The van der Waals surface area contributed by atoms with E-state index in [0.29, 0.717) is 18.4 Å². The first kappa shape index (κ1) is 32.8. The minimum Gasteiger partial charge on any atom is -0.455 e. The maximum Gasteiger partial charge on any atom is 0.338 e. The molecule has 1 aliphatic heterocycles. The highest BCUT2D eigenvalue weighted by molar-refractivity contribution is 5.95. The van der Waals surface area contributed by atoms with E-state index in [1.807, 2.05) is 0 Å². The van der Waals surface area contributed by atoms with Gasteiger partial charge in [-0.05, 0) is 50.0 Å². The van der Waals surface area contributed by atoms with Crippen LogP contribution in [0, 0.1) is 22.7 Å². The van der Waals surface area contributed by atoms with E-state index in [-0.39, 0.29) is 36.5 Å². The number of hydrogen-bond acceptors (Lipinski definition) is 11. The predicted octanol–water partition coefficient (Wildman–Crippen LogP) is 2.82. The summed E-state index contributed by atoms with van der Waals surface area (Å²) in [6.45, 7) is 7.39. The topological polar surface area (TPSA) is 166 Å². The third-order valence-electron chi connectivity index (χ3n) is 11.9. The standard InChI is InChI=1S/C35H44O11/c1-18-22(37)16-35(42)29(45-30(40)20-11-7-6-8-12-20)27-33(5,28(39)26(44-19(2)36)25(18)32(35,3)4)23(38)15-24-34(27,17-43-24)46-31(41)21-13-9-10-14-21/h6-8,11-12,21-24,26-27,29,37-38,42H,9-10,13-17H2,1-5H3/t22-,23-,24+,26+,27?,29-,33+,34-,35+/m0/s1. The van der Waals surface area contributed by atoms with E-state index < -0.39 is 82.2 Å². The van der Waals surface area contributed by atoms with Crippen LogP contribution in [0.3, 0.4) is 0 Å². The van der Waals surface area contributed by atoms with Gasteiger partial charge in [0, 0.05) is 25.2 Å². The smallest absolute Gasteiger partial charge is 0.338 e. The Morgan fingerprint density at radius 2 is 1.65 bits per heavy atom. The molecule has 4 aliphatic carbocycles. The highest BCUT2D eigenvalue weighted by atomic mass is 16.6. The molecule has 46 heavy (non-hydrogen) atoms. The number of benzene rings is 1. The van der Waals surface area contributed by atoms with Gasteiger partial charge in [0.25, 0.3) is 0 Å². The largest absolute Gasteiger partial charge is 0.455 e. The van der Waals surface area contributed by atoms with E-state index in [4.69, 9.17) is 18.9 Å². The summed E-state index contributed by atoms with van der Waals surface area (Å²) in [5.74, 6) is -4.49. The molecule has 1 aromatic carbocycles. The molecule has 2 bridgehead atoms. The fourth-order valence-corrected chi connectivity index (χ4v) is 9.07. The summed E-state index contributed by atoms with van der Waals surface area (Å²) in [5.41, 5.74) is -6.33. The quantitative estimate of drug-likeness (QED) is 0.246. The summed E-state index contributed by atoms with van der Waals surface area (Å²) in [6, 6.07) is 8.15. The summed E-state index contributed by atoms with van der Waals surface area (Å²) in [5, 5.41) is 36.4. The molecule has 0 radical (unpaired) electrons. The van der Waals surface area contributed by atoms with Crippen LogP contribution in [-0.4, -0.2) is 87.3 Å². The average Bonchev–Trinajstić information content (AvgIpc) is 3.55. The molecule has 11 nitrogen and oxygen atoms in total. The van der Waals surface area contributed by atoms with Crippen molar-refractivity contribution in [1.29, 1.82) is 0 Å². The zero-order valence-electron chi connectivity index (χ0n) is 27.0. The van der Waals surface area contributed by atoms with E-state index in [2.05, 4.69) is 0 Å². The van der Waals surface area contributed by atoms with Gasteiger partial charge in [0.1, 0.15) is 17.8 Å². The predicted molar refractivity (Wildman–Crippen MR) is 161 cm³/mol. The van der Waals surface area contributed by atoms with Crippen molar-refractivity contribution < 1.29 is 53.4 Å². The van der Waals surface area contributed by atoms with Crippen LogP contribution in [0.4, 0.5) is 0 Å². The lowest BCUT2D eigenvalue weighted by atomic mass is 9.44. The molecule has 3 N–H and O–H groups in total. The van der Waals surface area contributed by atoms with Gasteiger partial charge in [-0.25, -0.2) is 4.79 Å². The van der Waals surface area contributed by atoms with Gasteiger partial charge >= 0.3 is 17.9 Å². The molecular weight excluding hydrogens is 596 g/mol. The number of fused-ring (bicyclic) bond motifs is 5. The van der Waals surface area contributed by atoms with Crippen LogP contribution < -0.4 is 0 Å². The molecule has 6 rings (SSSR count). The molecular formula is C35H44O11. The van der Waals surface area contributed by atoms with Crippen molar-refractivity contribution in [3.63, 3.8) is 0 Å². The monoisotopic (exact) mass is 640 g/mol. The molecule has 1 aromatic rings. The Balaban J connectivity index is 1.62. The van der Waals surface area contributed by atoms with Crippen LogP contribution in [0.5, 0.6) is 0 Å². The van der Waals surface area contributed by atoms with Gasteiger partial charge in [-0.3, -0.25) is 14.4 Å². The molecule has 250 valence electrons. The van der Waals surface area contributed by atoms with E-state index in [0.717, 1.165) is 19.8 Å². The Morgan fingerprint density at radius 1 is 1.00 bits per heavy atom. The number of hydrogen-bond donors (Lipinski definition) is 3. The number of ketones is 1. The third-order valence-corrected chi connectivity index (χ3v) is 11.9. The fraction of sp³-hybridized carbons (Fsp3) is 0.657. The lowest BCUT2D eigenvalue weighted by Crippen LogP contribution is -2.82. The van der Waals surface area contributed by atoms with E-state index in [9.17, 15) is 29.7 Å². The molecule has 0 aromatic heterocycles. The second-order valence-corrected chi connectivity index (χ2v) is 14.6. The van der Waals surface area contributed by atoms with Crippen molar-refractivity contribution in [3.05, 3.63) is 47.0 Å². The van der Waals surface area contributed by atoms with Crippen LogP contribution >= 0.6 is 0 Å². The van der Waals surface area contributed by atoms with Gasteiger partial charge < -0.3 is 34.3 Å². The maximum atomic E-state index is 15.1. The molecule has 1 saturated heterocycles. The van der Waals surface area contributed by atoms with Gasteiger partial charge in [-0.2, -0.15) is 0 Å². The summed E-state index contributed by atoms with van der Waals surface area (Å²) in [6.07, 6.45) is -4.20. The van der Waals surface area contributed by atoms with Crippen LogP contribution in [0.1, 0.15) is 83.5 Å². The molecule has 1 unspecified atom stereocenters. The number of rotatable bonds is 5. The van der Waals surface area contributed by atoms with Gasteiger partial charge in [-0.15, -0.1) is 0 Å². The van der Waals surface area contributed by atoms with Crippen molar-refractivity contribution in [3.8, 4) is 0 Å². The molecule has 4 fully saturated rings. The number of carbonyl (C=O) groups is 4. The minimum absolute atomic E-state index is 0.0920. The number of carbonyl (C=O) groups excluding carboxylic acids is 4. The minimum atomic E-state index is -2.11. The zero-order chi connectivity index (χ0) is 33.4. The van der Waals surface area contributed by atoms with Gasteiger partial charge in [0.05, 0.1) is 41.6 Å². The van der Waals surface area contributed by atoms with Gasteiger partial charge in [0.2, 0.25) is 0 Å². The first-order valence-corrected chi connectivity index (χ1v) is 16.2. The molecule has 11 heteroatoms. The number of Topliss-reactive ketones (excluding diaryl/α,β-unsaturated/α-hetero) is 1. The van der Waals surface area contributed by atoms with Crippen LogP contribution in [0.2, 0.25) is 0 Å². The van der Waals surface area contributed by atoms with Crippen LogP contribution in [-0.2, 0) is 33.3 Å². The van der Waals surface area contributed by atoms with Crippen molar-refractivity contribution in [2.75, 3.05) is 6.61 Å². The number of ether oxygens (including phenoxy) is 4. The number of esters is 3. The molecule has 0 amide bonds. The first-order valence-electron chi connectivity index (χ1n) is 16.2. The summed E-state index contributed by atoms with van der Waals surface area (Å²) < 4.78 is 24.4.